The van der Waals surface area contributed by atoms with Crippen LogP contribution in [-0.2, 0) is 6.42 Å². The van der Waals surface area contributed by atoms with E-state index in [4.69, 9.17) is 4.74 Å². The normalized spacial score (nSPS) is 16.5. The molecule has 0 radical (unpaired) electrons. The molecule has 1 aromatic heterocycles. The van der Waals surface area contributed by atoms with Crippen LogP contribution < -0.4 is 4.74 Å². The SMILES string of the molecule is COc1cccc(-n2ncc3c2CC(C(C)C)(C(C)C)CC3=O)c1. The standard InChI is InChI=1S/C20H26N2O2/c1-13(2)20(14(3)4)10-18-17(19(23)11-20)12-21-22(18)15-7-6-8-16(9-15)24-5/h6-9,12-14H,10-11H2,1-5H3. The predicted octanol–water partition coefficient (Wildman–Crippen LogP) is 4.31. The number of aromatic nitrogens is 2. The first-order valence-corrected chi connectivity index (χ1v) is 8.63. The number of ketones is 1. The minimum Gasteiger partial charge on any atom is -0.497 e. The van der Waals surface area contributed by atoms with Gasteiger partial charge in [-0.2, -0.15) is 5.10 Å². The van der Waals surface area contributed by atoms with Gasteiger partial charge in [-0.3, -0.25) is 4.79 Å². The smallest absolute Gasteiger partial charge is 0.166 e. The van der Waals surface area contributed by atoms with E-state index in [-0.39, 0.29) is 11.2 Å². The minimum absolute atomic E-state index is 0.0132. The summed E-state index contributed by atoms with van der Waals surface area (Å²) in [5.74, 6) is 1.87. The van der Waals surface area contributed by atoms with E-state index in [0.29, 0.717) is 18.3 Å². The van der Waals surface area contributed by atoms with E-state index in [0.717, 1.165) is 29.1 Å². The lowest BCUT2D eigenvalue weighted by Gasteiger charge is -2.43. The van der Waals surface area contributed by atoms with E-state index in [2.05, 4.69) is 32.8 Å². The molecule has 3 rings (SSSR count). The van der Waals surface area contributed by atoms with Gasteiger partial charge in [0.15, 0.2) is 5.78 Å². The first-order valence-electron chi connectivity index (χ1n) is 8.63. The molecule has 1 heterocycles. The van der Waals surface area contributed by atoms with Crippen molar-refractivity contribution in [2.75, 3.05) is 7.11 Å². The van der Waals surface area contributed by atoms with E-state index >= 15 is 0 Å². The van der Waals surface area contributed by atoms with Crippen molar-refractivity contribution in [1.29, 1.82) is 0 Å². The fourth-order valence-electron chi connectivity index (χ4n) is 3.99. The van der Waals surface area contributed by atoms with Crippen molar-refractivity contribution in [3.8, 4) is 11.4 Å². The monoisotopic (exact) mass is 326 g/mol. The van der Waals surface area contributed by atoms with Gasteiger partial charge in [0.05, 0.1) is 30.3 Å². The third-order valence-electron chi connectivity index (χ3n) is 5.75. The Balaban J connectivity index is 2.11. The van der Waals surface area contributed by atoms with Crippen LogP contribution in [0.3, 0.4) is 0 Å². The van der Waals surface area contributed by atoms with Crippen LogP contribution in [0.15, 0.2) is 30.5 Å². The molecular formula is C20H26N2O2. The van der Waals surface area contributed by atoms with Crippen molar-refractivity contribution in [2.24, 2.45) is 17.3 Å². The number of nitrogens with zero attached hydrogens (tertiary/aromatic N) is 2. The van der Waals surface area contributed by atoms with Gasteiger partial charge in [0.25, 0.3) is 0 Å². The number of hydrogen-bond donors (Lipinski definition) is 0. The van der Waals surface area contributed by atoms with Crippen LogP contribution in [0.4, 0.5) is 0 Å². The molecular weight excluding hydrogens is 300 g/mol. The summed E-state index contributed by atoms with van der Waals surface area (Å²) in [5.41, 5.74) is 2.73. The Kier molecular flexibility index (Phi) is 4.24. The first-order chi connectivity index (χ1) is 11.4. The van der Waals surface area contributed by atoms with Crippen molar-refractivity contribution < 1.29 is 9.53 Å². The van der Waals surface area contributed by atoms with Crippen molar-refractivity contribution in [2.45, 2.75) is 40.5 Å². The van der Waals surface area contributed by atoms with Gasteiger partial charge in [0.2, 0.25) is 0 Å². The zero-order valence-electron chi connectivity index (χ0n) is 15.2. The Morgan fingerprint density at radius 2 is 1.88 bits per heavy atom. The molecule has 24 heavy (non-hydrogen) atoms. The molecule has 0 atom stereocenters. The number of carbonyl (C=O) groups excluding carboxylic acids is 1. The molecule has 4 nitrogen and oxygen atoms in total. The van der Waals surface area contributed by atoms with Crippen LogP contribution in [0.1, 0.15) is 50.2 Å². The molecule has 0 spiro atoms. The van der Waals surface area contributed by atoms with Crippen molar-refractivity contribution >= 4 is 5.78 Å². The lowest BCUT2D eigenvalue weighted by molar-refractivity contribution is 0.0627. The Labute approximate surface area is 143 Å². The van der Waals surface area contributed by atoms with Crippen LogP contribution in [0.25, 0.3) is 5.69 Å². The Morgan fingerprint density at radius 1 is 1.17 bits per heavy atom. The number of methoxy groups -OCH3 is 1. The number of benzene rings is 1. The molecule has 128 valence electrons. The number of fused-ring (bicyclic) bond motifs is 1. The minimum atomic E-state index is -0.0132. The highest BCUT2D eigenvalue weighted by Crippen LogP contribution is 2.47. The molecule has 0 saturated carbocycles. The summed E-state index contributed by atoms with van der Waals surface area (Å²) in [6.45, 7) is 8.91. The zero-order valence-corrected chi connectivity index (χ0v) is 15.2. The average molecular weight is 326 g/mol. The number of Topliss-reactive ketones (excluding diaryl/α,β-unsaturated/α-hetero) is 1. The van der Waals surface area contributed by atoms with Crippen LogP contribution in [0.5, 0.6) is 5.75 Å². The molecule has 0 bridgehead atoms. The topological polar surface area (TPSA) is 44.1 Å². The molecule has 2 aromatic rings. The molecule has 0 N–H and O–H groups in total. The second-order valence-corrected chi connectivity index (χ2v) is 7.44. The second-order valence-electron chi connectivity index (χ2n) is 7.44. The Morgan fingerprint density at radius 3 is 2.50 bits per heavy atom. The van der Waals surface area contributed by atoms with Crippen molar-refractivity contribution in [1.82, 2.24) is 9.78 Å². The third kappa shape index (κ3) is 2.54. The van der Waals surface area contributed by atoms with Crippen LogP contribution in [0.2, 0.25) is 0 Å². The summed E-state index contributed by atoms with van der Waals surface area (Å²) >= 11 is 0. The molecule has 4 heteroatoms. The van der Waals surface area contributed by atoms with Crippen molar-refractivity contribution in [3.63, 3.8) is 0 Å². The van der Waals surface area contributed by atoms with E-state index in [1.165, 1.54) is 0 Å². The van der Waals surface area contributed by atoms with Gasteiger partial charge in [-0.05, 0) is 35.8 Å². The predicted molar refractivity (Wildman–Crippen MR) is 94.9 cm³/mol. The molecule has 0 aliphatic heterocycles. The van der Waals surface area contributed by atoms with E-state index in [9.17, 15) is 4.79 Å². The summed E-state index contributed by atoms with van der Waals surface area (Å²) in [6, 6.07) is 7.82. The number of ether oxygens (including phenoxy) is 1. The van der Waals surface area contributed by atoms with Crippen LogP contribution in [0, 0.1) is 17.3 Å². The lowest BCUT2D eigenvalue weighted by atomic mass is 9.60. The van der Waals surface area contributed by atoms with E-state index in [1.54, 1.807) is 13.3 Å². The Hall–Kier alpha value is -2.10. The average Bonchev–Trinajstić information content (AvgIpc) is 2.98. The van der Waals surface area contributed by atoms with Gasteiger partial charge < -0.3 is 4.74 Å². The first kappa shape index (κ1) is 16.7. The molecule has 0 saturated heterocycles. The van der Waals surface area contributed by atoms with Gasteiger partial charge >= 0.3 is 0 Å². The van der Waals surface area contributed by atoms with Gasteiger partial charge in [-0.25, -0.2) is 4.68 Å². The van der Waals surface area contributed by atoms with E-state index in [1.807, 2.05) is 28.9 Å². The Bertz CT molecular complexity index is 751. The highest BCUT2D eigenvalue weighted by molar-refractivity contribution is 5.98. The number of hydrogen-bond acceptors (Lipinski definition) is 3. The van der Waals surface area contributed by atoms with Gasteiger partial charge in [-0.1, -0.05) is 33.8 Å². The summed E-state index contributed by atoms with van der Waals surface area (Å²) in [6.07, 6.45) is 3.21. The zero-order chi connectivity index (χ0) is 17.5. The van der Waals surface area contributed by atoms with Crippen LogP contribution in [-0.4, -0.2) is 22.7 Å². The highest BCUT2D eigenvalue weighted by atomic mass is 16.5. The fourth-order valence-corrected chi connectivity index (χ4v) is 3.99. The largest absolute Gasteiger partial charge is 0.497 e. The highest BCUT2D eigenvalue weighted by Gasteiger charge is 2.44. The molecule has 0 unspecified atom stereocenters. The lowest BCUT2D eigenvalue weighted by Crippen LogP contribution is -2.41. The maximum Gasteiger partial charge on any atom is 0.166 e. The summed E-state index contributed by atoms with van der Waals surface area (Å²) < 4.78 is 7.24. The molecule has 1 aliphatic rings. The third-order valence-corrected chi connectivity index (χ3v) is 5.75. The summed E-state index contributed by atoms with van der Waals surface area (Å²) in [4.78, 5) is 12.8. The van der Waals surface area contributed by atoms with Crippen molar-refractivity contribution in [3.05, 3.63) is 41.7 Å². The molecule has 1 aliphatic carbocycles. The van der Waals surface area contributed by atoms with Gasteiger partial charge in [0, 0.05) is 12.5 Å². The quantitative estimate of drug-likeness (QED) is 0.841. The maximum atomic E-state index is 12.8. The molecule has 1 aromatic carbocycles. The summed E-state index contributed by atoms with van der Waals surface area (Å²) in [5, 5.41) is 4.52. The molecule has 0 amide bonds. The number of rotatable bonds is 4. The van der Waals surface area contributed by atoms with E-state index < -0.39 is 0 Å². The van der Waals surface area contributed by atoms with Crippen LogP contribution >= 0.6 is 0 Å². The van der Waals surface area contributed by atoms with Gasteiger partial charge in [0.1, 0.15) is 5.75 Å². The second kappa shape index (κ2) is 6.08. The summed E-state index contributed by atoms with van der Waals surface area (Å²) in [7, 11) is 1.66. The maximum absolute atomic E-state index is 12.8. The van der Waals surface area contributed by atoms with Gasteiger partial charge in [-0.15, -0.1) is 0 Å². The fraction of sp³-hybridized carbons (Fsp3) is 0.500. The molecule has 0 fully saturated rings. The number of carbonyl (C=O) groups is 1.